The summed E-state index contributed by atoms with van der Waals surface area (Å²) in [5, 5.41) is 2.74. The minimum atomic E-state index is -0.100. The van der Waals surface area contributed by atoms with Crippen LogP contribution in [0.15, 0.2) is 27.1 Å². The van der Waals surface area contributed by atoms with E-state index in [0.717, 1.165) is 15.4 Å². The maximum Gasteiger partial charge on any atom is 0.257 e. The van der Waals surface area contributed by atoms with E-state index >= 15 is 0 Å². The molecule has 1 amide bonds. The van der Waals surface area contributed by atoms with Gasteiger partial charge in [-0.15, -0.1) is 0 Å². The standard InChI is InChI=1S/C11H13Br2NO2/c1-2-5-14-11(15)7-16-10-4-3-8(12)6-9(10)13/h3-4,6H,2,5,7H2,1H3,(H,14,15). The van der Waals surface area contributed by atoms with Crippen LogP contribution >= 0.6 is 31.9 Å². The van der Waals surface area contributed by atoms with Crippen LogP contribution in [0.3, 0.4) is 0 Å². The topological polar surface area (TPSA) is 38.3 Å². The van der Waals surface area contributed by atoms with Gasteiger partial charge < -0.3 is 10.1 Å². The third-order valence-electron chi connectivity index (χ3n) is 1.82. The summed E-state index contributed by atoms with van der Waals surface area (Å²) in [6.07, 6.45) is 0.924. The molecular formula is C11H13Br2NO2. The van der Waals surface area contributed by atoms with Gasteiger partial charge in [0.1, 0.15) is 5.75 Å². The SMILES string of the molecule is CCCNC(=O)COc1ccc(Br)cc1Br. The van der Waals surface area contributed by atoms with Crippen molar-refractivity contribution in [2.75, 3.05) is 13.2 Å². The Labute approximate surface area is 112 Å². The Bertz CT molecular complexity index is 369. The Morgan fingerprint density at radius 1 is 1.44 bits per heavy atom. The van der Waals surface area contributed by atoms with E-state index in [2.05, 4.69) is 37.2 Å². The first-order valence-electron chi connectivity index (χ1n) is 4.98. The monoisotopic (exact) mass is 349 g/mol. The predicted molar refractivity (Wildman–Crippen MR) is 70.6 cm³/mol. The van der Waals surface area contributed by atoms with E-state index in [1.807, 2.05) is 19.1 Å². The first-order chi connectivity index (χ1) is 7.63. The van der Waals surface area contributed by atoms with E-state index in [9.17, 15) is 4.79 Å². The Hall–Kier alpha value is -0.550. The summed E-state index contributed by atoms with van der Waals surface area (Å²) in [6, 6.07) is 5.55. The molecule has 1 aromatic rings. The highest BCUT2D eigenvalue weighted by Crippen LogP contribution is 2.27. The molecule has 0 atom stereocenters. The summed E-state index contributed by atoms with van der Waals surface area (Å²) in [4.78, 5) is 11.3. The van der Waals surface area contributed by atoms with E-state index in [1.165, 1.54) is 0 Å². The lowest BCUT2D eigenvalue weighted by Gasteiger charge is -2.08. The van der Waals surface area contributed by atoms with Crippen LogP contribution in [0, 0.1) is 0 Å². The average Bonchev–Trinajstić information content (AvgIpc) is 2.25. The number of ether oxygens (including phenoxy) is 1. The Kier molecular flexibility index (Phi) is 5.84. The molecule has 3 nitrogen and oxygen atoms in total. The van der Waals surface area contributed by atoms with Crippen molar-refractivity contribution in [3.05, 3.63) is 27.1 Å². The summed E-state index contributed by atoms with van der Waals surface area (Å²) < 4.78 is 7.16. The quantitative estimate of drug-likeness (QED) is 0.886. The summed E-state index contributed by atoms with van der Waals surface area (Å²) >= 11 is 6.71. The van der Waals surface area contributed by atoms with Crippen LogP contribution in [0.4, 0.5) is 0 Å². The molecule has 0 spiro atoms. The number of rotatable bonds is 5. The van der Waals surface area contributed by atoms with Crippen molar-refractivity contribution in [3.8, 4) is 5.75 Å². The normalized spacial score (nSPS) is 9.94. The molecule has 0 fully saturated rings. The summed E-state index contributed by atoms with van der Waals surface area (Å²) in [7, 11) is 0. The lowest BCUT2D eigenvalue weighted by Crippen LogP contribution is -2.29. The van der Waals surface area contributed by atoms with E-state index in [-0.39, 0.29) is 12.5 Å². The molecule has 1 N–H and O–H groups in total. The van der Waals surface area contributed by atoms with Crippen LogP contribution < -0.4 is 10.1 Å². The minimum Gasteiger partial charge on any atom is -0.483 e. The van der Waals surface area contributed by atoms with Gasteiger partial charge in [-0.05, 0) is 40.5 Å². The first-order valence-corrected chi connectivity index (χ1v) is 6.56. The fourth-order valence-corrected chi connectivity index (χ4v) is 2.21. The first kappa shape index (κ1) is 13.5. The van der Waals surface area contributed by atoms with Crippen LogP contribution in [0.1, 0.15) is 13.3 Å². The number of nitrogens with one attached hydrogen (secondary N) is 1. The van der Waals surface area contributed by atoms with Gasteiger partial charge in [-0.1, -0.05) is 22.9 Å². The molecule has 1 aromatic carbocycles. The van der Waals surface area contributed by atoms with Crippen LogP contribution in [-0.4, -0.2) is 19.1 Å². The number of carbonyl (C=O) groups is 1. The third-order valence-corrected chi connectivity index (χ3v) is 2.94. The number of hydrogen-bond acceptors (Lipinski definition) is 2. The molecule has 5 heteroatoms. The third kappa shape index (κ3) is 4.53. The van der Waals surface area contributed by atoms with Gasteiger partial charge in [0.25, 0.3) is 5.91 Å². The lowest BCUT2D eigenvalue weighted by atomic mass is 10.3. The molecule has 0 unspecified atom stereocenters. The summed E-state index contributed by atoms with van der Waals surface area (Å²) in [5.41, 5.74) is 0. The number of hydrogen-bond donors (Lipinski definition) is 1. The van der Waals surface area contributed by atoms with Crippen molar-refractivity contribution in [2.24, 2.45) is 0 Å². The smallest absolute Gasteiger partial charge is 0.257 e. The number of carbonyl (C=O) groups excluding carboxylic acids is 1. The van der Waals surface area contributed by atoms with Gasteiger partial charge in [0.05, 0.1) is 4.47 Å². The number of amides is 1. The second kappa shape index (κ2) is 6.91. The highest BCUT2D eigenvalue weighted by atomic mass is 79.9. The number of benzene rings is 1. The average molecular weight is 351 g/mol. The largest absolute Gasteiger partial charge is 0.483 e. The van der Waals surface area contributed by atoms with Gasteiger partial charge in [0.15, 0.2) is 6.61 Å². The van der Waals surface area contributed by atoms with Gasteiger partial charge in [-0.3, -0.25) is 4.79 Å². The van der Waals surface area contributed by atoms with Gasteiger partial charge in [-0.2, -0.15) is 0 Å². The summed E-state index contributed by atoms with van der Waals surface area (Å²) in [6.45, 7) is 2.73. The molecule has 0 aliphatic rings. The highest BCUT2D eigenvalue weighted by Gasteiger charge is 2.05. The van der Waals surface area contributed by atoms with E-state index in [1.54, 1.807) is 6.07 Å². The summed E-state index contributed by atoms with van der Waals surface area (Å²) in [5.74, 6) is 0.562. The second-order valence-corrected chi connectivity index (χ2v) is 4.98. The van der Waals surface area contributed by atoms with Gasteiger partial charge >= 0.3 is 0 Å². The molecule has 16 heavy (non-hydrogen) atoms. The molecule has 0 aliphatic carbocycles. The van der Waals surface area contributed by atoms with Crippen LogP contribution in [0.25, 0.3) is 0 Å². The Morgan fingerprint density at radius 2 is 2.19 bits per heavy atom. The van der Waals surface area contributed by atoms with Crippen molar-refractivity contribution >= 4 is 37.8 Å². The van der Waals surface area contributed by atoms with Crippen molar-refractivity contribution in [2.45, 2.75) is 13.3 Å². The predicted octanol–water partition coefficient (Wildman–Crippen LogP) is 3.12. The maximum atomic E-state index is 11.3. The van der Waals surface area contributed by atoms with Gasteiger partial charge in [0, 0.05) is 11.0 Å². The van der Waals surface area contributed by atoms with Crippen molar-refractivity contribution in [1.29, 1.82) is 0 Å². The highest BCUT2D eigenvalue weighted by molar-refractivity contribution is 9.11. The van der Waals surface area contributed by atoms with E-state index < -0.39 is 0 Å². The molecule has 0 bridgehead atoms. The zero-order valence-electron chi connectivity index (χ0n) is 8.93. The van der Waals surface area contributed by atoms with Crippen LogP contribution in [0.5, 0.6) is 5.75 Å². The molecule has 0 aliphatic heterocycles. The molecule has 0 aromatic heterocycles. The fourth-order valence-electron chi connectivity index (χ4n) is 1.05. The second-order valence-electron chi connectivity index (χ2n) is 3.21. The van der Waals surface area contributed by atoms with Crippen molar-refractivity contribution in [1.82, 2.24) is 5.32 Å². The molecule has 1 rings (SSSR count). The molecule has 0 heterocycles. The molecule has 88 valence electrons. The van der Waals surface area contributed by atoms with E-state index in [0.29, 0.717) is 12.3 Å². The lowest BCUT2D eigenvalue weighted by molar-refractivity contribution is -0.123. The zero-order valence-corrected chi connectivity index (χ0v) is 12.1. The van der Waals surface area contributed by atoms with Crippen LogP contribution in [-0.2, 0) is 4.79 Å². The Balaban J connectivity index is 2.45. The van der Waals surface area contributed by atoms with Crippen LogP contribution in [0.2, 0.25) is 0 Å². The maximum absolute atomic E-state index is 11.3. The van der Waals surface area contributed by atoms with E-state index in [4.69, 9.17) is 4.74 Å². The fraction of sp³-hybridized carbons (Fsp3) is 0.364. The number of halogens is 2. The minimum absolute atomic E-state index is 0.0419. The van der Waals surface area contributed by atoms with Gasteiger partial charge in [-0.25, -0.2) is 0 Å². The van der Waals surface area contributed by atoms with Gasteiger partial charge in [0.2, 0.25) is 0 Å². The van der Waals surface area contributed by atoms with Crippen molar-refractivity contribution < 1.29 is 9.53 Å². The molecule has 0 radical (unpaired) electrons. The zero-order chi connectivity index (χ0) is 12.0. The molecular weight excluding hydrogens is 338 g/mol. The molecule has 0 saturated carbocycles. The van der Waals surface area contributed by atoms with Crippen molar-refractivity contribution in [3.63, 3.8) is 0 Å². The Morgan fingerprint density at radius 3 is 2.81 bits per heavy atom. The molecule has 0 saturated heterocycles.